The summed E-state index contributed by atoms with van der Waals surface area (Å²) in [7, 11) is 0. The topological polar surface area (TPSA) is 83.6 Å². The number of aromatic hydroxyl groups is 1. The molecule has 0 aromatic heterocycles. The second-order valence-electron chi connectivity index (χ2n) is 3.70. The van der Waals surface area contributed by atoms with Crippen molar-refractivity contribution in [2.45, 2.75) is 0 Å². The molecule has 0 heterocycles. The molecule has 0 bridgehead atoms. The van der Waals surface area contributed by atoms with E-state index >= 15 is 0 Å². The molecule has 0 aliphatic heterocycles. The predicted molar refractivity (Wildman–Crippen MR) is 64.9 cm³/mol. The van der Waals surface area contributed by atoms with Crippen LogP contribution < -0.4 is 5.73 Å². The molecule has 2 aromatic carbocycles. The number of nitrogen functional groups attached to an aromatic ring is 1. The molecule has 17 heavy (non-hydrogen) atoms. The largest absolute Gasteiger partial charge is 0.508 e. The number of anilines is 1. The number of carboxylic acid groups (broad SMARTS) is 1. The maximum atomic E-state index is 10.9. The summed E-state index contributed by atoms with van der Waals surface area (Å²) in [4.78, 5) is 10.9. The van der Waals surface area contributed by atoms with Crippen LogP contribution in [0.5, 0.6) is 5.75 Å². The number of aromatic carboxylic acids is 1. The Labute approximate surface area is 97.9 Å². The summed E-state index contributed by atoms with van der Waals surface area (Å²) in [5, 5.41) is 18.3. The van der Waals surface area contributed by atoms with E-state index in [0.29, 0.717) is 11.3 Å². The monoisotopic (exact) mass is 229 g/mol. The third kappa shape index (κ3) is 2.36. The summed E-state index contributed by atoms with van der Waals surface area (Å²) in [5.74, 6) is -0.902. The van der Waals surface area contributed by atoms with Crippen LogP contribution in [-0.4, -0.2) is 16.2 Å². The highest BCUT2D eigenvalue weighted by molar-refractivity contribution is 5.91. The van der Waals surface area contributed by atoms with Gasteiger partial charge >= 0.3 is 5.97 Å². The molecule has 86 valence electrons. The van der Waals surface area contributed by atoms with Crippen LogP contribution >= 0.6 is 0 Å². The predicted octanol–water partition coefficient (Wildman–Crippen LogP) is 2.34. The quantitative estimate of drug-likeness (QED) is 0.690. The van der Waals surface area contributed by atoms with Gasteiger partial charge in [0.2, 0.25) is 0 Å². The van der Waals surface area contributed by atoms with Crippen molar-refractivity contribution in [3.05, 3.63) is 48.0 Å². The van der Waals surface area contributed by atoms with Gasteiger partial charge in [0.15, 0.2) is 0 Å². The molecule has 0 amide bonds. The number of phenolic OH excluding ortho intramolecular Hbond substituents is 1. The van der Waals surface area contributed by atoms with E-state index < -0.39 is 5.97 Å². The Morgan fingerprint density at radius 3 is 2.47 bits per heavy atom. The lowest BCUT2D eigenvalue weighted by Gasteiger charge is -2.05. The molecule has 2 aromatic rings. The van der Waals surface area contributed by atoms with E-state index in [9.17, 15) is 9.90 Å². The molecule has 4 nitrogen and oxygen atoms in total. The zero-order valence-corrected chi connectivity index (χ0v) is 8.92. The third-order valence-corrected chi connectivity index (χ3v) is 2.38. The highest BCUT2D eigenvalue weighted by Gasteiger charge is 2.07. The van der Waals surface area contributed by atoms with Crippen molar-refractivity contribution in [2.24, 2.45) is 0 Å². The second-order valence-corrected chi connectivity index (χ2v) is 3.70. The third-order valence-electron chi connectivity index (χ3n) is 2.38. The fraction of sp³-hybridized carbons (Fsp3) is 0. The van der Waals surface area contributed by atoms with Crippen molar-refractivity contribution in [2.75, 3.05) is 5.73 Å². The van der Waals surface area contributed by atoms with Gasteiger partial charge in [0.05, 0.1) is 5.56 Å². The molecule has 2 rings (SSSR count). The molecule has 4 N–H and O–H groups in total. The standard InChI is InChI=1S/C13H11NO3/c14-11-5-9(4-10(6-11)13(16)17)8-2-1-3-12(15)7-8/h1-7,15H,14H2,(H,16,17). The average Bonchev–Trinajstić information content (AvgIpc) is 2.28. The van der Waals surface area contributed by atoms with Crippen LogP contribution in [0.1, 0.15) is 10.4 Å². The molecular formula is C13H11NO3. The van der Waals surface area contributed by atoms with Crippen molar-refractivity contribution in [1.29, 1.82) is 0 Å². The molecule has 0 unspecified atom stereocenters. The fourth-order valence-corrected chi connectivity index (χ4v) is 1.63. The number of benzene rings is 2. The van der Waals surface area contributed by atoms with Gasteiger partial charge < -0.3 is 15.9 Å². The lowest BCUT2D eigenvalue weighted by Crippen LogP contribution is -1.98. The van der Waals surface area contributed by atoms with Gasteiger partial charge in [0.1, 0.15) is 5.75 Å². The first-order valence-corrected chi connectivity index (χ1v) is 4.99. The summed E-state index contributed by atoms with van der Waals surface area (Å²) in [6, 6.07) is 11.2. The summed E-state index contributed by atoms with van der Waals surface area (Å²) in [5.41, 5.74) is 7.54. The molecular weight excluding hydrogens is 218 g/mol. The Morgan fingerprint density at radius 1 is 1.06 bits per heavy atom. The van der Waals surface area contributed by atoms with Gasteiger partial charge in [-0.15, -0.1) is 0 Å². The van der Waals surface area contributed by atoms with Crippen LogP contribution in [0.3, 0.4) is 0 Å². The van der Waals surface area contributed by atoms with Gasteiger partial charge in [0, 0.05) is 5.69 Å². The number of hydrogen-bond acceptors (Lipinski definition) is 3. The van der Waals surface area contributed by atoms with Gasteiger partial charge in [-0.3, -0.25) is 0 Å². The molecule has 0 atom stereocenters. The van der Waals surface area contributed by atoms with E-state index in [1.807, 2.05) is 0 Å². The molecule has 4 heteroatoms. The Balaban J connectivity index is 2.56. The molecule has 0 saturated carbocycles. The Hall–Kier alpha value is -2.49. The van der Waals surface area contributed by atoms with Crippen LogP contribution in [0.4, 0.5) is 5.69 Å². The van der Waals surface area contributed by atoms with Crippen molar-refractivity contribution in [1.82, 2.24) is 0 Å². The average molecular weight is 229 g/mol. The van der Waals surface area contributed by atoms with E-state index in [1.54, 1.807) is 30.3 Å². The number of hydrogen-bond donors (Lipinski definition) is 3. The maximum absolute atomic E-state index is 10.9. The number of carbonyl (C=O) groups is 1. The first kappa shape index (κ1) is 11.0. The van der Waals surface area contributed by atoms with Crippen molar-refractivity contribution >= 4 is 11.7 Å². The minimum absolute atomic E-state index is 0.127. The summed E-state index contributed by atoms with van der Waals surface area (Å²) < 4.78 is 0. The Morgan fingerprint density at radius 2 is 1.82 bits per heavy atom. The minimum atomic E-state index is -1.03. The first-order chi connectivity index (χ1) is 8.06. The van der Waals surface area contributed by atoms with Crippen LogP contribution in [0.2, 0.25) is 0 Å². The molecule has 0 aliphatic rings. The molecule has 0 spiro atoms. The molecule has 0 saturated heterocycles. The number of phenols is 1. The van der Waals surface area contributed by atoms with E-state index in [2.05, 4.69) is 0 Å². The Kier molecular flexibility index (Phi) is 2.70. The number of nitrogens with two attached hydrogens (primary N) is 1. The van der Waals surface area contributed by atoms with Crippen molar-refractivity contribution < 1.29 is 15.0 Å². The van der Waals surface area contributed by atoms with Crippen LogP contribution in [0.15, 0.2) is 42.5 Å². The van der Waals surface area contributed by atoms with E-state index in [1.165, 1.54) is 12.1 Å². The van der Waals surface area contributed by atoms with Crippen LogP contribution in [0, 0.1) is 0 Å². The lowest BCUT2D eigenvalue weighted by atomic mass is 10.0. The summed E-state index contributed by atoms with van der Waals surface area (Å²) in [6.07, 6.45) is 0. The maximum Gasteiger partial charge on any atom is 0.335 e. The number of carboxylic acids is 1. The lowest BCUT2D eigenvalue weighted by molar-refractivity contribution is 0.0697. The highest BCUT2D eigenvalue weighted by atomic mass is 16.4. The van der Waals surface area contributed by atoms with Gasteiger partial charge in [0.25, 0.3) is 0 Å². The van der Waals surface area contributed by atoms with Crippen LogP contribution in [0.25, 0.3) is 11.1 Å². The SMILES string of the molecule is Nc1cc(C(=O)O)cc(-c2cccc(O)c2)c1. The Bertz CT molecular complexity index is 579. The smallest absolute Gasteiger partial charge is 0.335 e. The van der Waals surface area contributed by atoms with Crippen molar-refractivity contribution in [3.8, 4) is 16.9 Å². The van der Waals surface area contributed by atoms with E-state index in [-0.39, 0.29) is 11.3 Å². The van der Waals surface area contributed by atoms with Gasteiger partial charge in [-0.05, 0) is 41.5 Å². The summed E-state index contributed by atoms with van der Waals surface area (Å²) in [6.45, 7) is 0. The van der Waals surface area contributed by atoms with E-state index in [4.69, 9.17) is 10.8 Å². The molecule has 0 radical (unpaired) electrons. The molecule has 0 fully saturated rings. The van der Waals surface area contributed by atoms with Gasteiger partial charge in [-0.2, -0.15) is 0 Å². The normalized spacial score (nSPS) is 10.1. The zero-order valence-electron chi connectivity index (χ0n) is 8.92. The van der Waals surface area contributed by atoms with Gasteiger partial charge in [-0.25, -0.2) is 4.79 Å². The molecule has 0 aliphatic carbocycles. The number of rotatable bonds is 2. The summed E-state index contributed by atoms with van der Waals surface area (Å²) >= 11 is 0. The zero-order chi connectivity index (χ0) is 12.4. The van der Waals surface area contributed by atoms with Crippen LogP contribution in [-0.2, 0) is 0 Å². The van der Waals surface area contributed by atoms with E-state index in [0.717, 1.165) is 5.56 Å². The minimum Gasteiger partial charge on any atom is -0.508 e. The van der Waals surface area contributed by atoms with Crippen molar-refractivity contribution in [3.63, 3.8) is 0 Å². The van der Waals surface area contributed by atoms with Gasteiger partial charge in [-0.1, -0.05) is 12.1 Å². The highest BCUT2D eigenvalue weighted by Crippen LogP contribution is 2.26. The fourth-order valence-electron chi connectivity index (χ4n) is 1.63. The second kappa shape index (κ2) is 4.17. The first-order valence-electron chi connectivity index (χ1n) is 4.99.